The fourth-order valence-electron chi connectivity index (χ4n) is 1.99. The van der Waals surface area contributed by atoms with Crippen LogP contribution in [0.5, 0.6) is 5.75 Å². The number of hydrogen-bond donors (Lipinski definition) is 4. The summed E-state index contributed by atoms with van der Waals surface area (Å²) < 4.78 is 5.14. The summed E-state index contributed by atoms with van der Waals surface area (Å²) in [5, 5.41) is 11.5. The van der Waals surface area contributed by atoms with Gasteiger partial charge in [0.05, 0.1) is 11.1 Å². The normalized spacial score (nSPS) is 10.0. The molecule has 0 fully saturated rings. The maximum Gasteiger partial charge on any atom is 0.343 e. The van der Waals surface area contributed by atoms with Gasteiger partial charge in [0, 0.05) is 24.0 Å². The van der Waals surface area contributed by atoms with Gasteiger partial charge < -0.3 is 26.6 Å². The van der Waals surface area contributed by atoms with E-state index in [4.69, 9.17) is 21.3 Å². The van der Waals surface area contributed by atoms with Crippen molar-refractivity contribution in [3.05, 3.63) is 47.5 Å². The molecule has 0 aliphatic heterocycles. The number of rotatable bonds is 4. The quantitative estimate of drug-likeness (QED) is 0.379. The zero-order valence-electron chi connectivity index (χ0n) is 12.7. The van der Waals surface area contributed by atoms with Crippen LogP contribution in [-0.2, 0) is 4.79 Å². The Morgan fingerprint density at radius 1 is 1.08 bits per heavy atom. The molecular weight excluding hydrogens is 314 g/mol. The first-order valence-corrected chi connectivity index (χ1v) is 6.79. The molecule has 124 valence electrons. The summed E-state index contributed by atoms with van der Waals surface area (Å²) in [5.74, 6) is -2.28. The van der Waals surface area contributed by atoms with Crippen LogP contribution in [0.3, 0.4) is 0 Å². The molecule has 0 spiro atoms. The molecule has 0 atom stereocenters. The number of esters is 1. The predicted molar refractivity (Wildman–Crippen MR) is 87.9 cm³/mol. The van der Waals surface area contributed by atoms with E-state index < -0.39 is 11.9 Å². The van der Waals surface area contributed by atoms with Crippen LogP contribution in [0.1, 0.15) is 27.6 Å². The molecular formula is C16H15N3O5. The molecule has 0 bridgehead atoms. The van der Waals surface area contributed by atoms with Crippen molar-refractivity contribution in [2.75, 3.05) is 16.8 Å². The number of nitrogens with two attached hydrogens (primary N) is 2. The summed E-state index contributed by atoms with van der Waals surface area (Å²) in [7, 11) is 0. The van der Waals surface area contributed by atoms with Crippen molar-refractivity contribution < 1.29 is 24.2 Å². The van der Waals surface area contributed by atoms with E-state index in [9.17, 15) is 14.4 Å². The first kappa shape index (κ1) is 16.8. The van der Waals surface area contributed by atoms with Gasteiger partial charge in [-0.25, -0.2) is 9.59 Å². The third-order valence-electron chi connectivity index (χ3n) is 2.98. The monoisotopic (exact) mass is 329 g/mol. The Morgan fingerprint density at radius 3 is 2.42 bits per heavy atom. The maximum absolute atomic E-state index is 12.2. The van der Waals surface area contributed by atoms with Crippen molar-refractivity contribution in [1.29, 1.82) is 0 Å². The number of nitrogens with one attached hydrogen (secondary N) is 1. The van der Waals surface area contributed by atoms with Crippen LogP contribution in [0, 0.1) is 0 Å². The molecule has 0 aromatic heterocycles. The van der Waals surface area contributed by atoms with Crippen LogP contribution in [0.2, 0.25) is 0 Å². The smallest absolute Gasteiger partial charge is 0.343 e. The highest BCUT2D eigenvalue weighted by atomic mass is 16.5. The van der Waals surface area contributed by atoms with Gasteiger partial charge in [0.2, 0.25) is 5.91 Å². The zero-order valence-corrected chi connectivity index (χ0v) is 12.7. The number of benzene rings is 2. The van der Waals surface area contributed by atoms with E-state index in [2.05, 4.69) is 5.32 Å². The lowest BCUT2D eigenvalue weighted by Gasteiger charge is -2.09. The van der Waals surface area contributed by atoms with Gasteiger partial charge in [0.15, 0.2) is 0 Å². The summed E-state index contributed by atoms with van der Waals surface area (Å²) in [4.78, 5) is 34.3. The molecule has 0 saturated heterocycles. The minimum atomic E-state index is -1.23. The first-order valence-electron chi connectivity index (χ1n) is 6.79. The number of carboxylic acids is 1. The SMILES string of the molecule is CC(=O)Nc1cc(N)cc(C(=O)Oc2ccc(N)c(C(=O)O)c2)c1. The standard InChI is InChI=1S/C16H15N3O5/c1-8(20)19-11-5-9(4-10(17)6-11)16(23)24-12-2-3-14(18)13(7-12)15(21)22/h2-7H,17-18H2,1H3,(H,19,20)(H,21,22). The number of ether oxygens (including phenoxy) is 1. The minimum absolute atomic E-state index is 0.0232. The van der Waals surface area contributed by atoms with Gasteiger partial charge in [-0.2, -0.15) is 0 Å². The van der Waals surface area contributed by atoms with Crippen molar-refractivity contribution >= 4 is 34.9 Å². The van der Waals surface area contributed by atoms with Crippen LogP contribution in [-0.4, -0.2) is 23.0 Å². The molecule has 24 heavy (non-hydrogen) atoms. The lowest BCUT2D eigenvalue weighted by atomic mass is 10.1. The minimum Gasteiger partial charge on any atom is -0.478 e. The van der Waals surface area contributed by atoms with Crippen molar-refractivity contribution in [2.24, 2.45) is 0 Å². The van der Waals surface area contributed by atoms with E-state index in [1.54, 1.807) is 0 Å². The van der Waals surface area contributed by atoms with E-state index in [-0.39, 0.29) is 34.2 Å². The Hall–Kier alpha value is -3.55. The number of carbonyl (C=O) groups is 3. The number of hydrogen-bond acceptors (Lipinski definition) is 6. The molecule has 1 amide bonds. The Balaban J connectivity index is 2.27. The number of anilines is 3. The van der Waals surface area contributed by atoms with Crippen LogP contribution in [0.15, 0.2) is 36.4 Å². The Kier molecular flexibility index (Phi) is 4.69. The van der Waals surface area contributed by atoms with Gasteiger partial charge in [0.25, 0.3) is 0 Å². The third kappa shape index (κ3) is 4.01. The molecule has 0 saturated carbocycles. The predicted octanol–water partition coefficient (Wildman–Crippen LogP) is 1.73. The molecule has 2 aromatic rings. The molecule has 6 N–H and O–H groups in total. The highest BCUT2D eigenvalue weighted by molar-refractivity contribution is 5.97. The van der Waals surface area contributed by atoms with Crippen LogP contribution in [0.4, 0.5) is 17.1 Å². The van der Waals surface area contributed by atoms with Crippen LogP contribution in [0.25, 0.3) is 0 Å². The van der Waals surface area contributed by atoms with Crippen molar-refractivity contribution in [2.45, 2.75) is 6.92 Å². The average molecular weight is 329 g/mol. The lowest BCUT2D eigenvalue weighted by molar-refractivity contribution is -0.114. The van der Waals surface area contributed by atoms with Gasteiger partial charge in [-0.15, -0.1) is 0 Å². The van der Waals surface area contributed by atoms with Gasteiger partial charge in [-0.05, 0) is 36.4 Å². The first-order chi connectivity index (χ1) is 11.3. The summed E-state index contributed by atoms with van der Waals surface area (Å²) in [5.41, 5.74) is 11.8. The van der Waals surface area contributed by atoms with E-state index in [1.165, 1.54) is 37.3 Å². The van der Waals surface area contributed by atoms with Gasteiger partial charge in [-0.1, -0.05) is 0 Å². The topological polar surface area (TPSA) is 145 Å². The highest BCUT2D eigenvalue weighted by Gasteiger charge is 2.14. The summed E-state index contributed by atoms with van der Waals surface area (Å²) in [6.07, 6.45) is 0. The summed E-state index contributed by atoms with van der Waals surface area (Å²) in [6, 6.07) is 8.12. The molecule has 2 rings (SSSR count). The number of nitrogen functional groups attached to an aromatic ring is 2. The van der Waals surface area contributed by atoms with Crippen molar-refractivity contribution in [3.63, 3.8) is 0 Å². The van der Waals surface area contributed by atoms with E-state index in [0.717, 1.165) is 6.07 Å². The Morgan fingerprint density at radius 2 is 1.79 bits per heavy atom. The second-order valence-electron chi connectivity index (χ2n) is 4.97. The summed E-state index contributed by atoms with van der Waals surface area (Å²) in [6.45, 7) is 1.32. The zero-order chi connectivity index (χ0) is 17.9. The van der Waals surface area contributed by atoms with E-state index in [0.29, 0.717) is 5.69 Å². The second-order valence-corrected chi connectivity index (χ2v) is 4.97. The van der Waals surface area contributed by atoms with Gasteiger partial charge >= 0.3 is 11.9 Å². The fourth-order valence-corrected chi connectivity index (χ4v) is 1.99. The molecule has 0 aliphatic rings. The van der Waals surface area contributed by atoms with Gasteiger partial charge in [-0.3, -0.25) is 4.79 Å². The largest absolute Gasteiger partial charge is 0.478 e. The number of carboxylic acid groups (broad SMARTS) is 1. The fraction of sp³-hybridized carbons (Fsp3) is 0.0625. The van der Waals surface area contributed by atoms with Crippen LogP contribution >= 0.6 is 0 Å². The third-order valence-corrected chi connectivity index (χ3v) is 2.98. The van der Waals surface area contributed by atoms with Crippen molar-refractivity contribution in [1.82, 2.24) is 0 Å². The molecule has 8 heteroatoms. The summed E-state index contributed by atoms with van der Waals surface area (Å²) >= 11 is 0. The van der Waals surface area contributed by atoms with Gasteiger partial charge in [0.1, 0.15) is 5.75 Å². The van der Waals surface area contributed by atoms with E-state index in [1.807, 2.05) is 0 Å². The number of amides is 1. The molecule has 0 heterocycles. The molecule has 2 aromatic carbocycles. The Bertz CT molecular complexity index is 832. The molecule has 0 radical (unpaired) electrons. The second kappa shape index (κ2) is 6.69. The van der Waals surface area contributed by atoms with Crippen LogP contribution < -0.4 is 21.5 Å². The average Bonchev–Trinajstić information content (AvgIpc) is 2.47. The lowest BCUT2D eigenvalue weighted by Crippen LogP contribution is -2.12. The maximum atomic E-state index is 12.2. The van der Waals surface area contributed by atoms with Crippen molar-refractivity contribution in [3.8, 4) is 5.75 Å². The molecule has 8 nitrogen and oxygen atoms in total. The molecule has 0 unspecified atom stereocenters. The van der Waals surface area contributed by atoms with E-state index >= 15 is 0 Å². The number of aromatic carboxylic acids is 1. The molecule has 0 aliphatic carbocycles. The Labute approximate surface area is 137 Å². The highest BCUT2D eigenvalue weighted by Crippen LogP contribution is 2.22. The number of carbonyl (C=O) groups excluding carboxylic acids is 2.